The third kappa shape index (κ3) is 4.90. The second-order valence-electron chi connectivity index (χ2n) is 9.04. The summed E-state index contributed by atoms with van der Waals surface area (Å²) in [7, 11) is 0. The fourth-order valence-corrected chi connectivity index (χ4v) is 4.96. The molecule has 1 atom stereocenters. The van der Waals surface area contributed by atoms with Gasteiger partial charge in [-0.3, -0.25) is 14.9 Å². The predicted octanol–water partition coefficient (Wildman–Crippen LogP) is 6.78. The first kappa shape index (κ1) is 23.8. The molecule has 1 aliphatic heterocycles. The highest BCUT2D eigenvalue weighted by atomic mass is 16.5. The molecule has 4 aromatic rings. The van der Waals surface area contributed by atoms with Crippen molar-refractivity contribution in [2.45, 2.75) is 39.3 Å². The van der Waals surface area contributed by atoms with Gasteiger partial charge < -0.3 is 14.7 Å². The van der Waals surface area contributed by atoms with E-state index in [0.29, 0.717) is 11.8 Å². The van der Waals surface area contributed by atoms with Crippen LogP contribution in [-0.4, -0.2) is 39.1 Å². The van der Waals surface area contributed by atoms with E-state index in [0.717, 1.165) is 66.4 Å². The maximum Gasteiger partial charge on any atom is 0.192 e. The number of pyridine rings is 2. The van der Waals surface area contributed by atoms with Crippen molar-refractivity contribution in [3.05, 3.63) is 91.0 Å². The summed E-state index contributed by atoms with van der Waals surface area (Å²) in [6.07, 6.45) is 7.49. The largest absolute Gasteiger partial charge is 0.504 e. The zero-order valence-corrected chi connectivity index (χ0v) is 20.8. The number of para-hydroxylation sites is 1. The molecule has 6 nitrogen and oxygen atoms in total. The Morgan fingerprint density at radius 1 is 0.944 bits per heavy atom. The van der Waals surface area contributed by atoms with Crippen LogP contribution < -0.4 is 9.64 Å². The van der Waals surface area contributed by atoms with Crippen LogP contribution in [0.4, 0.5) is 11.4 Å². The summed E-state index contributed by atoms with van der Waals surface area (Å²) in [5.41, 5.74) is 5.03. The van der Waals surface area contributed by atoms with E-state index in [1.807, 2.05) is 54.9 Å². The number of ether oxygens (including phenoxy) is 1. The standard InChI is InChI=1S/C30H32N4O2/c1-3-25(33(4-2)21-24-10-5-6-17-32-24)15-18-34-26-14-13-22(23-9-8-16-31-20-23)19-29(26)36-30-27(34)11-7-12-28(30)35/h5-14,16-17,19-20,25,35H,3-4,15,18,21H2,1-2H3/t25-/m0/s1. The molecule has 0 amide bonds. The molecule has 2 aromatic carbocycles. The lowest BCUT2D eigenvalue weighted by Gasteiger charge is -2.36. The van der Waals surface area contributed by atoms with E-state index < -0.39 is 0 Å². The fraction of sp³-hybridized carbons (Fsp3) is 0.267. The summed E-state index contributed by atoms with van der Waals surface area (Å²) in [6.45, 7) is 7.06. The lowest BCUT2D eigenvalue weighted by atomic mass is 10.0. The Kier molecular flexibility index (Phi) is 7.14. The molecule has 2 aromatic heterocycles. The van der Waals surface area contributed by atoms with Crippen LogP contribution in [0, 0.1) is 0 Å². The number of rotatable bonds is 9. The monoisotopic (exact) mass is 480 g/mol. The summed E-state index contributed by atoms with van der Waals surface area (Å²) >= 11 is 0. The Bertz CT molecular complexity index is 1300. The van der Waals surface area contributed by atoms with Gasteiger partial charge in [-0.2, -0.15) is 0 Å². The molecule has 184 valence electrons. The second-order valence-corrected chi connectivity index (χ2v) is 9.04. The molecule has 0 unspecified atom stereocenters. The summed E-state index contributed by atoms with van der Waals surface area (Å²) in [6, 6.07) is 22.3. The SMILES string of the molecule is CC[C@@H](CCN1c2ccc(-c3cccnc3)cc2Oc2c(O)cccc21)N(CC)Cc1ccccn1. The zero-order chi connectivity index (χ0) is 24.9. The zero-order valence-electron chi connectivity index (χ0n) is 20.8. The lowest BCUT2D eigenvalue weighted by molar-refractivity contribution is 0.182. The second kappa shape index (κ2) is 10.8. The van der Waals surface area contributed by atoms with E-state index >= 15 is 0 Å². The van der Waals surface area contributed by atoms with Gasteiger partial charge in [-0.15, -0.1) is 0 Å². The van der Waals surface area contributed by atoms with Crippen LogP contribution in [0.15, 0.2) is 85.3 Å². The molecule has 1 aliphatic rings. The molecule has 36 heavy (non-hydrogen) atoms. The Labute approximate surface area is 212 Å². The molecular weight excluding hydrogens is 448 g/mol. The molecule has 5 rings (SSSR count). The van der Waals surface area contributed by atoms with Crippen molar-refractivity contribution < 1.29 is 9.84 Å². The van der Waals surface area contributed by atoms with Gasteiger partial charge in [0.2, 0.25) is 0 Å². The van der Waals surface area contributed by atoms with Gasteiger partial charge in [0.25, 0.3) is 0 Å². The van der Waals surface area contributed by atoms with Crippen LogP contribution in [0.5, 0.6) is 17.2 Å². The first-order valence-corrected chi connectivity index (χ1v) is 12.6. The van der Waals surface area contributed by atoms with Gasteiger partial charge >= 0.3 is 0 Å². The van der Waals surface area contributed by atoms with Gasteiger partial charge in [0.1, 0.15) is 0 Å². The summed E-state index contributed by atoms with van der Waals surface area (Å²) in [5.74, 6) is 1.38. The van der Waals surface area contributed by atoms with Crippen LogP contribution in [-0.2, 0) is 6.54 Å². The molecule has 0 fully saturated rings. The van der Waals surface area contributed by atoms with Gasteiger partial charge in [0.15, 0.2) is 17.2 Å². The number of benzene rings is 2. The highest BCUT2D eigenvalue weighted by Crippen LogP contribution is 2.51. The van der Waals surface area contributed by atoms with Crippen LogP contribution in [0.3, 0.4) is 0 Å². The number of fused-ring (bicyclic) bond motifs is 2. The number of nitrogens with zero attached hydrogens (tertiary/aromatic N) is 4. The average molecular weight is 481 g/mol. The first-order chi connectivity index (χ1) is 17.7. The number of aromatic nitrogens is 2. The van der Waals surface area contributed by atoms with Gasteiger partial charge in [-0.25, -0.2) is 0 Å². The molecular formula is C30H32N4O2. The van der Waals surface area contributed by atoms with Crippen molar-refractivity contribution in [1.82, 2.24) is 14.9 Å². The molecule has 3 heterocycles. The molecule has 0 radical (unpaired) electrons. The molecule has 0 bridgehead atoms. The van der Waals surface area contributed by atoms with Crippen molar-refractivity contribution in [2.75, 3.05) is 18.0 Å². The van der Waals surface area contributed by atoms with E-state index in [4.69, 9.17) is 4.74 Å². The number of hydrogen-bond donors (Lipinski definition) is 1. The third-order valence-corrected chi connectivity index (χ3v) is 6.89. The van der Waals surface area contributed by atoms with Crippen LogP contribution in [0.1, 0.15) is 32.4 Å². The fourth-order valence-electron chi connectivity index (χ4n) is 4.96. The third-order valence-electron chi connectivity index (χ3n) is 6.89. The predicted molar refractivity (Wildman–Crippen MR) is 144 cm³/mol. The van der Waals surface area contributed by atoms with Crippen LogP contribution in [0.25, 0.3) is 11.1 Å². The van der Waals surface area contributed by atoms with Gasteiger partial charge in [0.05, 0.1) is 17.1 Å². The van der Waals surface area contributed by atoms with Gasteiger partial charge in [-0.05, 0) is 67.4 Å². The van der Waals surface area contributed by atoms with Gasteiger partial charge in [-0.1, -0.05) is 38.1 Å². The number of phenolic OH excluding ortho intramolecular Hbond substituents is 1. The molecule has 0 saturated carbocycles. The van der Waals surface area contributed by atoms with Crippen LogP contribution >= 0.6 is 0 Å². The highest BCUT2D eigenvalue weighted by molar-refractivity contribution is 5.82. The minimum Gasteiger partial charge on any atom is -0.504 e. The number of aromatic hydroxyl groups is 1. The average Bonchev–Trinajstić information content (AvgIpc) is 2.93. The van der Waals surface area contributed by atoms with E-state index in [1.54, 1.807) is 12.3 Å². The molecule has 0 aliphatic carbocycles. The summed E-state index contributed by atoms with van der Waals surface area (Å²) in [4.78, 5) is 13.6. The lowest BCUT2D eigenvalue weighted by Crippen LogP contribution is -2.37. The quantitative estimate of drug-likeness (QED) is 0.285. The Morgan fingerprint density at radius 2 is 1.86 bits per heavy atom. The smallest absolute Gasteiger partial charge is 0.192 e. The highest BCUT2D eigenvalue weighted by Gasteiger charge is 2.28. The molecule has 0 saturated heterocycles. The van der Waals surface area contributed by atoms with E-state index in [-0.39, 0.29) is 5.75 Å². The summed E-state index contributed by atoms with van der Waals surface area (Å²) in [5, 5.41) is 10.6. The van der Waals surface area contributed by atoms with E-state index in [9.17, 15) is 5.11 Å². The molecule has 1 N–H and O–H groups in total. The van der Waals surface area contributed by atoms with Crippen molar-refractivity contribution in [1.29, 1.82) is 0 Å². The molecule has 0 spiro atoms. The van der Waals surface area contributed by atoms with Crippen molar-refractivity contribution in [2.24, 2.45) is 0 Å². The normalized spacial score (nSPS) is 13.1. The van der Waals surface area contributed by atoms with Crippen LogP contribution in [0.2, 0.25) is 0 Å². The summed E-state index contributed by atoms with van der Waals surface area (Å²) < 4.78 is 6.25. The van der Waals surface area contributed by atoms with E-state index in [1.165, 1.54) is 0 Å². The maximum absolute atomic E-state index is 10.6. The van der Waals surface area contributed by atoms with Crippen molar-refractivity contribution in [3.8, 4) is 28.4 Å². The number of phenols is 1. The Balaban J connectivity index is 1.43. The Morgan fingerprint density at radius 3 is 2.61 bits per heavy atom. The minimum absolute atomic E-state index is 0.146. The first-order valence-electron chi connectivity index (χ1n) is 12.6. The van der Waals surface area contributed by atoms with Gasteiger partial charge in [0, 0.05) is 43.3 Å². The Hall–Kier alpha value is -3.90. The van der Waals surface area contributed by atoms with Crippen molar-refractivity contribution in [3.63, 3.8) is 0 Å². The van der Waals surface area contributed by atoms with Crippen molar-refractivity contribution >= 4 is 11.4 Å². The number of hydrogen-bond acceptors (Lipinski definition) is 6. The topological polar surface area (TPSA) is 61.7 Å². The molecule has 6 heteroatoms. The maximum atomic E-state index is 10.6. The minimum atomic E-state index is 0.146. The number of anilines is 2. The van der Waals surface area contributed by atoms with E-state index in [2.05, 4.69) is 51.8 Å².